The molecule has 0 aliphatic carbocycles. The number of carbonyl (C=O) groups excluding carboxylic acids is 1. The molecule has 0 fully saturated rings. The van der Waals surface area contributed by atoms with Crippen molar-refractivity contribution in [3.05, 3.63) is 78.5 Å². The molecule has 0 unspecified atom stereocenters. The molecule has 146 valence electrons. The zero-order chi connectivity index (χ0) is 20.1. The quantitative estimate of drug-likeness (QED) is 0.310. The van der Waals surface area contributed by atoms with Gasteiger partial charge in [0.1, 0.15) is 11.4 Å². The molecule has 0 N–H and O–H groups in total. The van der Waals surface area contributed by atoms with Crippen LogP contribution in [0.2, 0.25) is 0 Å². The monoisotopic (exact) mass is 385 g/mol. The van der Waals surface area contributed by atoms with E-state index in [1.807, 2.05) is 71.3 Å². The molecule has 0 amide bonds. The molecule has 0 spiro atoms. The maximum Gasteiger partial charge on any atom is 0.182 e. The van der Waals surface area contributed by atoms with Gasteiger partial charge in [0.15, 0.2) is 11.6 Å². The third-order valence-electron chi connectivity index (χ3n) is 4.79. The van der Waals surface area contributed by atoms with Crippen LogP contribution in [0.15, 0.2) is 72.9 Å². The Morgan fingerprint density at radius 3 is 2.55 bits per heavy atom. The highest BCUT2D eigenvalue weighted by molar-refractivity contribution is 5.97. The number of aromatic nitrogens is 3. The molecule has 0 atom stereocenters. The van der Waals surface area contributed by atoms with Gasteiger partial charge in [-0.2, -0.15) is 0 Å². The third kappa shape index (κ3) is 4.19. The number of Topliss-reactive ketones (excluding diaryl/α,β-unsaturated/α-hetero) is 1. The summed E-state index contributed by atoms with van der Waals surface area (Å²) >= 11 is 0. The lowest BCUT2D eigenvalue weighted by molar-refractivity contribution is 0.0974. The molecule has 0 aliphatic rings. The van der Waals surface area contributed by atoms with Gasteiger partial charge in [0.05, 0.1) is 24.2 Å². The molecule has 0 aliphatic heterocycles. The first-order chi connectivity index (χ1) is 14.3. The van der Waals surface area contributed by atoms with Gasteiger partial charge in [0, 0.05) is 11.8 Å². The normalized spacial score (nSPS) is 10.9. The summed E-state index contributed by atoms with van der Waals surface area (Å²) in [5, 5.41) is 0. The number of imidazole rings is 1. The van der Waals surface area contributed by atoms with E-state index in [9.17, 15) is 4.79 Å². The number of fused-ring (bicyclic) bond motifs is 1. The van der Waals surface area contributed by atoms with Crippen LogP contribution in [0.3, 0.4) is 0 Å². The summed E-state index contributed by atoms with van der Waals surface area (Å²) in [7, 11) is 0. The van der Waals surface area contributed by atoms with Gasteiger partial charge in [-0.25, -0.2) is 4.98 Å². The SMILES string of the molecule is CCCCOc1ccc(C(=O)Cn2c(-c3ccccn3)nc3ccccc32)cc1. The van der Waals surface area contributed by atoms with Crippen LogP contribution < -0.4 is 4.74 Å². The molecule has 0 saturated heterocycles. The molecule has 0 saturated carbocycles. The van der Waals surface area contributed by atoms with E-state index in [-0.39, 0.29) is 12.3 Å². The summed E-state index contributed by atoms with van der Waals surface area (Å²) in [5.74, 6) is 1.50. The van der Waals surface area contributed by atoms with E-state index < -0.39 is 0 Å². The lowest BCUT2D eigenvalue weighted by Gasteiger charge is -2.09. The first kappa shape index (κ1) is 18.9. The number of benzene rings is 2. The van der Waals surface area contributed by atoms with Crippen LogP contribution in [0.5, 0.6) is 5.75 Å². The van der Waals surface area contributed by atoms with Gasteiger partial charge in [0.2, 0.25) is 0 Å². The molecule has 4 rings (SSSR count). The maximum atomic E-state index is 13.0. The van der Waals surface area contributed by atoms with Crippen molar-refractivity contribution in [3.63, 3.8) is 0 Å². The number of unbranched alkanes of at least 4 members (excludes halogenated alkanes) is 1. The van der Waals surface area contributed by atoms with Crippen molar-refractivity contribution in [2.75, 3.05) is 6.61 Å². The number of nitrogens with zero attached hydrogens (tertiary/aromatic N) is 3. The molecule has 0 bridgehead atoms. The van der Waals surface area contributed by atoms with E-state index in [0.717, 1.165) is 35.3 Å². The van der Waals surface area contributed by atoms with E-state index >= 15 is 0 Å². The molecule has 5 nitrogen and oxygen atoms in total. The van der Waals surface area contributed by atoms with Crippen LogP contribution in [-0.2, 0) is 6.54 Å². The van der Waals surface area contributed by atoms with Gasteiger partial charge >= 0.3 is 0 Å². The molecule has 4 aromatic rings. The molecule has 2 heterocycles. The largest absolute Gasteiger partial charge is 0.494 e. The fourth-order valence-corrected chi connectivity index (χ4v) is 3.23. The Bertz CT molecular complexity index is 1100. The lowest BCUT2D eigenvalue weighted by Crippen LogP contribution is -2.12. The fraction of sp³-hybridized carbons (Fsp3) is 0.208. The summed E-state index contributed by atoms with van der Waals surface area (Å²) in [6, 6.07) is 20.9. The highest BCUT2D eigenvalue weighted by Gasteiger charge is 2.16. The van der Waals surface area contributed by atoms with E-state index in [4.69, 9.17) is 9.72 Å². The average molecular weight is 385 g/mol. The number of ether oxygens (including phenoxy) is 1. The summed E-state index contributed by atoms with van der Waals surface area (Å²) in [5.41, 5.74) is 3.16. The van der Waals surface area contributed by atoms with Crippen molar-refractivity contribution in [2.45, 2.75) is 26.3 Å². The van der Waals surface area contributed by atoms with Gasteiger partial charge < -0.3 is 9.30 Å². The number of carbonyl (C=O) groups is 1. The second-order valence-electron chi connectivity index (χ2n) is 6.87. The van der Waals surface area contributed by atoms with Crippen LogP contribution >= 0.6 is 0 Å². The van der Waals surface area contributed by atoms with Crippen LogP contribution in [-0.4, -0.2) is 26.9 Å². The second kappa shape index (κ2) is 8.69. The van der Waals surface area contributed by atoms with Gasteiger partial charge in [-0.3, -0.25) is 9.78 Å². The number of pyridine rings is 1. The second-order valence-corrected chi connectivity index (χ2v) is 6.87. The zero-order valence-corrected chi connectivity index (χ0v) is 16.4. The smallest absolute Gasteiger partial charge is 0.182 e. The first-order valence-electron chi connectivity index (χ1n) is 9.89. The van der Waals surface area contributed by atoms with Crippen LogP contribution in [0.1, 0.15) is 30.1 Å². The highest BCUT2D eigenvalue weighted by Crippen LogP contribution is 2.24. The van der Waals surface area contributed by atoms with Crippen LogP contribution in [0.4, 0.5) is 0 Å². The average Bonchev–Trinajstić information content (AvgIpc) is 3.13. The zero-order valence-electron chi connectivity index (χ0n) is 16.4. The molecule has 5 heteroatoms. The number of ketones is 1. The Morgan fingerprint density at radius 2 is 1.79 bits per heavy atom. The fourth-order valence-electron chi connectivity index (χ4n) is 3.23. The first-order valence-corrected chi connectivity index (χ1v) is 9.89. The Kier molecular flexibility index (Phi) is 5.66. The van der Waals surface area contributed by atoms with Gasteiger partial charge in [0.25, 0.3) is 0 Å². The Balaban J connectivity index is 1.61. The predicted octanol–water partition coefficient (Wildman–Crippen LogP) is 5.16. The van der Waals surface area contributed by atoms with E-state index in [2.05, 4.69) is 11.9 Å². The minimum atomic E-state index is 0.0189. The standard InChI is InChI=1S/C24H23N3O2/c1-2-3-16-29-19-13-11-18(12-14-19)23(28)17-27-22-10-5-4-8-20(22)26-24(27)21-9-6-7-15-25-21/h4-15H,2-3,16-17H2,1H3. The molecule has 29 heavy (non-hydrogen) atoms. The highest BCUT2D eigenvalue weighted by atomic mass is 16.5. The number of para-hydroxylation sites is 2. The predicted molar refractivity (Wildman–Crippen MR) is 114 cm³/mol. The third-order valence-corrected chi connectivity index (χ3v) is 4.79. The maximum absolute atomic E-state index is 13.0. The van der Waals surface area contributed by atoms with Crippen molar-refractivity contribution in [1.29, 1.82) is 0 Å². The van der Waals surface area contributed by atoms with Crippen LogP contribution in [0, 0.1) is 0 Å². The molecular weight excluding hydrogens is 362 g/mol. The molecular formula is C24H23N3O2. The van der Waals surface area contributed by atoms with Crippen molar-refractivity contribution in [2.24, 2.45) is 0 Å². The van der Waals surface area contributed by atoms with E-state index in [1.165, 1.54) is 0 Å². The molecule has 2 aromatic heterocycles. The topological polar surface area (TPSA) is 57.0 Å². The summed E-state index contributed by atoms with van der Waals surface area (Å²) in [4.78, 5) is 22.1. The van der Waals surface area contributed by atoms with E-state index in [1.54, 1.807) is 6.20 Å². The number of hydrogen-bond acceptors (Lipinski definition) is 4. The summed E-state index contributed by atoms with van der Waals surface area (Å²) < 4.78 is 7.62. The number of rotatable bonds is 8. The minimum absolute atomic E-state index is 0.0189. The van der Waals surface area contributed by atoms with Crippen molar-refractivity contribution >= 4 is 16.8 Å². The molecule has 0 radical (unpaired) electrons. The van der Waals surface area contributed by atoms with Gasteiger partial charge in [-0.15, -0.1) is 0 Å². The Hall–Kier alpha value is -3.47. The van der Waals surface area contributed by atoms with Crippen molar-refractivity contribution in [1.82, 2.24) is 14.5 Å². The summed E-state index contributed by atoms with van der Waals surface area (Å²) in [6.07, 6.45) is 3.84. The van der Waals surface area contributed by atoms with Crippen molar-refractivity contribution in [3.8, 4) is 17.3 Å². The lowest BCUT2D eigenvalue weighted by atomic mass is 10.1. The van der Waals surface area contributed by atoms with E-state index in [0.29, 0.717) is 18.0 Å². The summed E-state index contributed by atoms with van der Waals surface area (Å²) in [6.45, 7) is 3.02. The Morgan fingerprint density at radius 1 is 1.00 bits per heavy atom. The van der Waals surface area contributed by atoms with Gasteiger partial charge in [-0.05, 0) is 55.0 Å². The number of hydrogen-bond donors (Lipinski definition) is 0. The Labute approximate surface area is 170 Å². The molecule has 2 aromatic carbocycles. The van der Waals surface area contributed by atoms with Crippen molar-refractivity contribution < 1.29 is 9.53 Å². The van der Waals surface area contributed by atoms with Crippen LogP contribution in [0.25, 0.3) is 22.6 Å². The van der Waals surface area contributed by atoms with Gasteiger partial charge in [-0.1, -0.05) is 31.5 Å². The minimum Gasteiger partial charge on any atom is -0.494 e.